The van der Waals surface area contributed by atoms with E-state index in [0.717, 1.165) is 34.1 Å². The number of nitrogens with zero attached hydrogens (tertiary/aromatic N) is 3. The van der Waals surface area contributed by atoms with Gasteiger partial charge in [0.15, 0.2) is 16.8 Å². The highest BCUT2D eigenvalue weighted by Gasteiger charge is 2.12. The smallest absolute Gasteiger partial charge is 0.189 e. The van der Waals surface area contributed by atoms with Gasteiger partial charge in [-0.1, -0.05) is 23.0 Å². The van der Waals surface area contributed by atoms with Crippen molar-refractivity contribution < 1.29 is 4.74 Å². The van der Waals surface area contributed by atoms with E-state index in [4.69, 9.17) is 10.5 Å². The number of allylic oxidation sites excluding steroid dienone is 1. The number of thiazole rings is 1. The topological polar surface area (TPSA) is 98.0 Å². The highest BCUT2D eigenvalue weighted by molar-refractivity contribution is 7.22. The average molecular weight is 397 g/mol. The maximum absolute atomic E-state index is 6.28. The predicted molar refractivity (Wildman–Crippen MR) is 116 cm³/mol. The van der Waals surface area contributed by atoms with Crippen molar-refractivity contribution >= 4 is 44.0 Å². The fraction of sp³-hybridized carbons (Fsp3) is 0.350. The molecule has 2 heterocycles. The van der Waals surface area contributed by atoms with Gasteiger partial charge in [-0.25, -0.2) is 15.0 Å². The minimum absolute atomic E-state index is 0.497. The number of nitrogens with one attached hydrogen (secondary N) is 2. The zero-order chi connectivity index (χ0) is 19.3. The first-order valence-corrected chi connectivity index (χ1v) is 10.3. The van der Waals surface area contributed by atoms with Crippen LogP contribution in [0.1, 0.15) is 32.1 Å². The van der Waals surface area contributed by atoms with Crippen LogP contribution in [0, 0.1) is 0 Å². The maximum atomic E-state index is 6.28. The van der Waals surface area contributed by atoms with E-state index < -0.39 is 0 Å². The minimum Gasteiger partial charge on any atom is -0.497 e. The molecule has 0 amide bonds. The lowest BCUT2D eigenvalue weighted by molar-refractivity contribution is 0.415. The van der Waals surface area contributed by atoms with Gasteiger partial charge >= 0.3 is 0 Å². The zero-order valence-corrected chi connectivity index (χ0v) is 16.7. The molecule has 4 rings (SSSR count). The average Bonchev–Trinajstić information content (AvgIpc) is 3.13. The molecule has 0 aliphatic heterocycles. The molecule has 0 radical (unpaired) electrons. The molecular formula is C20H24N6OS. The van der Waals surface area contributed by atoms with E-state index in [1.54, 1.807) is 7.11 Å². The van der Waals surface area contributed by atoms with Crippen LogP contribution in [-0.2, 0) is 0 Å². The predicted octanol–water partition coefficient (Wildman–Crippen LogP) is 4.72. The lowest BCUT2D eigenvalue weighted by Crippen LogP contribution is -2.10. The first-order valence-electron chi connectivity index (χ1n) is 9.47. The van der Waals surface area contributed by atoms with Crippen molar-refractivity contribution in [1.29, 1.82) is 0 Å². The summed E-state index contributed by atoms with van der Waals surface area (Å²) >= 11 is 1.53. The van der Waals surface area contributed by atoms with E-state index in [1.807, 2.05) is 18.2 Å². The summed E-state index contributed by atoms with van der Waals surface area (Å²) in [7, 11) is 1.66. The molecule has 0 fully saturated rings. The van der Waals surface area contributed by atoms with Crippen LogP contribution < -0.4 is 21.1 Å². The Morgan fingerprint density at radius 3 is 2.93 bits per heavy atom. The second-order valence-corrected chi connectivity index (χ2v) is 7.78. The Morgan fingerprint density at radius 2 is 2.11 bits per heavy atom. The molecule has 0 spiro atoms. The minimum atomic E-state index is 0.497. The lowest BCUT2D eigenvalue weighted by atomic mass is 9.97. The van der Waals surface area contributed by atoms with E-state index in [2.05, 4.69) is 31.7 Å². The van der Waals surface area contributed by atoms with Gasteiger partial charge in [0.2, 0.25) is 0 Å². The number of nitrogen functional groups attached to an aromatic ring is 1. The van der Waals surface area contributed by atoms with Gasteiger partial charge < -0.3 is 21.1 Å². The summed E-state index contributed by atoms with van der Waals surface area (Å²) in [6.45, 7) is 0.813. The van der Waals surface area contributed by atoms with Gasteiger partial charge in [0, 0.05) is 6.54 Å². The normalized spacial score (nSPS) is 14.0. The second-order valence-electron chi connectivity index (χ2n) is 6.75. The number of nitrogens with two attached hydrogens (primary N) is 1. The number of fused-ring (bicyclic) bond motifs is 1. The summed E-state index contributed by atoms with van der Waals surface area (Å²) in [5, 5.41) is 7.28. The van der Waals surface area contributed by atoms with Crippen LogP contribution >= 0.6 is 11.3 Å². The molecule has 2 aromatic heterocycles. The molecule has 146 valence electrons. The maximum Gasteiger partial charge on any atom is 0.189 e. The standard InChI is InChI=1S/C20H24N6OS/c1-27-14-7-8-15-16(11-14)28-20(25-15)26-19-17(21)18(23-12-24-19)22-10-9-13-5-3-2-4-6-13/h5,7-8,11-12H,2-4,6,9-10,21H2,1H3,(H2,22,23,24,25,26). The molecule has 1 aromatic carbocycles. The summed E-state index contributed by atoms with van der Waals surface area (Å²) in [5.41, 5.74) is 9.21. The fourth-order valence-corrected chi connectivity index (χ4v) is 4.19. The molecule has 7 nitrogen and oxygen atoms in total. The van der Waals surface area contributed by atoms with Crippen molar-refractivity contribution in [3.63, 3.8) is 0 Å². The highest BCUT2D eigenvalue weighted by atomic mass is 32.1. The number of benzene rings is 1. The first kappa shape index (κ1) is 18.5. The van der Waals surface area contributed by atoms with E-state index in [9.17, 15) is 0 Å². The molecule has 0 saturated heterocycles. The van der Waals surface area contributed by atoms with E-state index >= 15 is 0 Å². The summed E-state index contributed by atoms with van der Waals surface area (Å²) in [5.74, 6) is 2.01. The Bertz CT molecular complexity index is 1000. The van der Waals surface area contributed by atoms with Crippen LogP contribution in [0.2, 0.25) is 0 Å². The number of hydrogen-bond acceptors (Lipinski definition) is 8. The van der Waals surface area contributed by atoms with Crippen molar-refractivity contribution in [3.05, 3.63) is 36.2 Å². The molecule has 1 aliphatic rings. The van der Waals surface area contributed by atoms with Crippen molar-refractivity contribution in [1.82, 2.24) is 15.0 Å². The number of hydrogen-bond donors (Lipinski definition) is 3. The molecule has 1 aliphatic carbocycles. The molecular weight excluding hydrogens is 372 g/mol. The number of methoxy groups -OCH3 is 1. The van der Waals surface area contributed by atoms with Gasteiger partial charge in [0.25, 0.3) is 0 Å². The van der Waals surface area contributed by atoms with Gasteiger partial charge in [0.1, 0.15) is 17.8 Å². The van der Waals surface area contributed by atoms with Crippen molar-refractivity contribution in [2.45, 2.75) is 32.1 Å². The van der Waals surface area contributed by atoms with Crippen LogP contribution in [-0.4, -0.2) is 28.6 Å². The van der Waals surface area contributed by atoms with Gasteiger partial charge in [0.05, 0.1) is 17.3 Å². The molecule has 0 bridgehead atoms. The Kier molecular flexibility index (Phi) is 5.57. The first-order chi connectivity index (χ1) is 13.7. The molecule has 8 heteroatoms. The van der Waals surface area contributed by atoms with E-state index in [1.165, 1.54) is 48.9 Å². The SMILES string of the molecule is COc1ccc2nc(Nc3ncnc(NCCC4=CCCCC4)c3N)sc2c1. The Hall–Kier alpha value is -2.87. The third-order valence-corrected chi connectivity index (χ3v) is 5.76. The summed E-state index contributed by atoms with van der Waals surface area (Å²) in [6, 6.07) is 5.80. The Labute approximate surface area is 168 Å². The van der Waals surface area contributed by atoms with Crippen LogP contribution in [0.3, 0.4) is 0 Å². The number of anilines is 4. The summed E-state index contributed by atoms with van der Waals surface area (Å²) < 4.78 is 6.31. The van der Waals surface area contributed by atoms with E-state index in [-0.39, 0.29) is 0 Å². The summed E-state index contributed by atoms with van der Waals surface area (Å²) in [6.07, 6.45) is 9.91. The van der Waals surface area contributed by atoms with Crippen molar-refractivity contribution in [2.75, 3.05) is 30.0 Å². The van der Waals surface area contributed by atoms with Gasteiger partial charge in [-0.05, 0) is 50.3 Å². The highest BCUT2D eigenvalue weighted by Crippen LogP contribution is 2.33. The van der Waals surface area contributed by atoms with Crippen LogP contribution in [0.15, 0.2) is 36.2 Å². The van der Waals surface area contributed by atoms with Crippen LogP contribution in [0.25, 0.3) is 10.2 Å². The zero-order valence-electron chi connectivity index (χ0n) is 15.9. The molecule has 0 saturated carbocycles. The number of aromatic nitrogens is 3. The summed E-state index contributed by atoms with van der Waals surface area (Å²) in [4.78, 5) is 13.2. The number of rotatable bonds is 7. The molecule has 28 heavy (non-hydrogen) atoms. The third kappa shape index (κ3) is 4.17. The molecule has 0 atom stereocenters. The largest absolute Gasteiger partial charge is 0.497 e. The number of ether oxygens (including phenoxy) is 1. The second kappa shape index (κ2) is 8.43. The fourth-order valence-electron chi connectivity index (χ4n) is 3.30. The van der Waals surface area contributed by atoms with Crippen LogP contribution in [0.4, 0.5) is 22.5 Å². The van der Waals surface area contributed by atoms with Crippen LogP contribution in [0.5, 0.6) is 5.75 Å². The van der Waals surface area contributed by atoms with Crippen molar-refractivity contribution in [2.24, 2.45) is 0 Å². The van der Waals surface area contributed by atoms with Gasteiger partial charge in [-0.2, -0.15) is 0 Å². The monoisotopic (exact) mass is 396 g/mol. The Morgan fingerprint density at radius 1 is 1.21 bits per heavy atom. The lowest BCUT2D eigenvalue weighted by Gasteiger charge is -2.14. The van der Waals surface area contributed by atoms with Gasteiger partial charge in [-0.3, -0.25) is 0 Å². The molecule has 4 N–H and O–H groups in total. The quantitative estimate of drug-likeness (QED) is 0.497. The Balaban J connectivity index is 1.45. The van der Waals surface area contributed by atoms with E-state index in [0.29, 0.717) is 17.3 Å². The van der Waals surface area contributed by atoms with Crippen molar-refractivity contribution in [3.8, 4) is 5.75 Å². The molecule has 3 aromatic rings. The molecule has 0 unspecified atom stereocenters. The third-order valence-electron chi connectivity index (χ3n) is 4.83. The van der Waals surface area contributed by atoms with Gasteiger partial charge in [-0.15, -0.1) is 0 Å².